The molecule has 0 aromatic carbocycles. The summed E-state index contributed by atoms with van der Waals surface area (Å²) in [5.41, 5.74) is 0. The number of carbonyl (C=O) groups is 1. The van der Waals surface area contributed by atoms with E-state index in [1.165, 1.54) is 38.6 Å². The number of hydrogen-bond acceptors (Lipinski definition) is 3. The number of amides is 1. The van der Waals surface area contributed by atoms with E-state index in [2.05, 4.69) is 22.9 Å². The maximum atomic E-state index is 11.5. The van der Waals surface area contributed by atoms with Crippen molar-refractivity contribution in [3.63, 3.8) is 0 Å². The Morgan fingerprint density at radius 2 is 2.05 bits per heavy atom. The molecule has 2 fully saturated rings. The van der Waals surface area contributed by atoms with Crippen molar-refractivity contribution in [2.45, 2.75) is 64.0 Å². The first-order chi connectivity index (χ1) is 9.25. The highest BCUT2D eigenvalue weighted by atomic mass is 16.2. The van der Waals surface area contributed by atoms with Crippen LogP contribution in [0.1, 0.15) is 51.9 Å². The van der Waals surface area contributed by atoms with Gasteiger partial charge < -0.3 is 16.0 Å². The molecule has 1 heterocycles. The standard InChI is InChI=1S/C15H29N3O/c1-12(11-14-5-3-2-4-8-17-14)16-9-10-18-15(19)13-6-7-13/h12-14,16-17H,2-11H2,1H3,(H,18,19). The fraction of sp³-hybridized carbons (Fsp3) is 0.933. The minimum Gasteiger partial charge on any atom is -0.355 e. The summed E-state index contributed by atoms with van der Waals surface area (Å²) in [6, 6.07) is 1.19. The van der Waals surface area contributed by atoms with Crippen LogP contribution in [0.5, 0.6) is 0 Å². The van der Waals surface area contributed by atoms with Crippen molar-refractivity contribution in [1.82, 2.24) is 16.0 Å². The van der Waals surface area contributed by atoms with Crippen molar-refractivity contribution in [1.29, 1.82) is 0 Å². The van der Waals surface area contributed by atoms with Gasteiger partial charge in [-0.3, -0.25) is 4.79 Å². The second-order valence-corrected chi connectivity index (χ2v) is 6.16. The molecule has 2 atom stereocenters. The third kappa shape index (κ3) is 5.91. The van der Waals surface area contributed by atoms with Crippen molar-refractivity contribution in [2.75, 3.05) is 19.6 Å². The van der Waals surface area contributed by atoms with Gasteiger partial charge in [0.1, 0.15) is 0 Å². The zero-order valence-corrected chi connectivity index (χ0v) is 12.2. The molecule has 0 spiro atoms. The average molecular weight is 267 g/mol. The van der Waals surface area contributed by atoms with Gasteiger partial charge in [0.15, 0.2) is 0 Å². The van der Waals surface area contributed by atoms with E-state index in [0.29, 0.717) is 18.0 Å². The van der Waals surface area contributed by atoms with E-state index in [0.717, 1.165) is 25.9 Å². The van der Waals surface area contributed by atoms with E-state index < -0.39 is 0 Å². The predicted octanol–water partition coefficient (Wildman–Crippen LogP) is 1.41. The van der Waals surface area contributed by atoms with Gasteiger partial charge in [-0.1, -0.05) is 12.8 Å². The Kier molecular flexibility index (Phi) is 6.11. The average Bonchev–Trinajstić information content (AvgIpc) is 3.21. The molecule has 0 bridgehead atoms. The van der Waals surface area contributed by atoms with Gasteiger partial charge >= 0.3 is 0 Å². The van der Waals surface area contributed by atoms with Crippen LogP contribution in [0.25, 0.3) is 0 Å². The molecule has 0 radical (unpaired) electrons. The first-order valence-electron chi connectivity index (χ1n) is 8.00. The molecule has 1 aliphatic heterocycles. The van der Waals surface area contributed by atoms with Crippen LogP contribution in [0, 0.1) is 5.92 Å². The first kappa shape index (κ1) is 14.8. The second-order valence-electron chi connectivity index (χ2n) is 6.16. The SMILES string of the molecule is CC(CC1CCCCCN1)NCCNC(=O)C1CC1. The van der Waals surface area contributed by atoms with Gasteiger partial charge in [-0.25, -0.2) is 0 Å². The lowest BCUT2D eigenvalue weighted by atomic mass is 10.0. The lowest BCUT2D eigenvalue weighted by Gasteiger charge is -2.21. The van der Waals surface area contributed by atoms with Gasteiger partial charge in [0.05, 0.1) is 0 Å². The summed E-state index contributed by atoms with van der Waals surface area (Å²) in [5.74, 6) is 0.576. The van der Waals surface area contributed by atoms with Crippen molar-refractivity contribution < 1.29 is 4.79 Å². The van der Waals surface area contributed by atoms with Crippen LogP contribution >= 0.6 is 0 Å². The minimum atomic E-state index is 0.250. The molecule has 2 rings (SSSR count). The largest absolute Gasteiger partial charge is 0.355 e. The van der Waals surface area contributed by atoms with E-state index in [9.17, 15) is 4.79 Å². The molecule has 0 aromatic heterocycles. The van der Waals surface area contributed by atoms with Crippen LogP contribution in [0.2, 0.25) is 0 Å². The number of hydrogen-bond donors (Lipinski definition) is 3. The van der Waals surface area contributed by atoms with Crippen LogP contribution < -0.4 is 16.0 Å². The zero-order valence-electron chi connectivity index (χ0n) is 12.2. The Morgan fingerprint density at radius 3 is 2.84 bits per heavy atom. The minimum absolute atomic E-state index is 0.250. The molecule has 4 heteroatoms. The Bertz CT molecular complexity index is 271. The Labute approximate surface area is 117 Å². The van der Waals surface area contributed by atoms with Crippen molar-refractivity contribution in [3.05, 3.63) is 0 Å². The van der Waals surface area contributed by atoms with Crippen LogP contribution in [-0.4, -0.2) is 37.6 Å². The second kappa shape index (κ2) is 7.85. The van der Waals surface area contributed by atoms with E-state index in [1.54, 1.807) is 0 Å². The lowest BCUT2D eigenvalue weighted by Crippen LogP contribution is -2.40. The summed E-state index contributed by atoms with van der Waals surface area (Å²) < 4.78 is 0. The third-order valence-corrected chi connectivity index (χ3v) is 4.17. The van der Waals surface area contributed by atoms with Crippen LogP contribution in [0.15, 0.2) is 0 Å². The molecular weight excluding hydrogens is 238 g/mol. The molecule has 2 aliphatic rings. The first-order valence-corrected chi connectivity index (χ1v) is 8.00. The number of nitrogens with one attached hydrogen (secondary N) is 3. The van der Waals surface area contributed by atoms with Crippen molar-refractivity contribution >= 4 is 5.91 Å². The normalized spacial score (nSPS) is 25.6. The molecule has 1 saturated carbocycles. The zero-order chi connectivity index (χ0) is 13.5. The number of rotatable bonds is 7. The van der Waals surface area contributed by atoms with E-state index in [4.69, 9.17) is 0 Å². The predicted molar refractivity (Wildman–Crippen MR) is 78.1 cm³/mol. The summed E-state index contributed by atoms with van der Waals surface area (Å²) in [6.07, 6.45) is 8.74. The van der Waals surface area contributed by atoms with Gasteiger partial charge in [-0.05, 0) is 45.6 Å². The maximum absolute atomic E-state index is 11.5. The highest BCUT2D eigenvalue weighted by molar-refractivity contribution is 5.80. The van der Waals surface area contributed by atoms with Crippen LogP contribution in [0.4, 0.5) is 0 Å². The maximum Gasteiger partial charge on any atom is 0.223 e. The summed E-state index contributed by atoms with van der Waals surface area (Å²) in [6.45, 7) is 5.06. The molecule has 1 amide bonds. The summed E-state index contributed by atoms with van der Waals surface area (Å²) in [4.78, 5) is 11.5. The lowest BCUT2D eigenvalue weighted by molar-refractivity contribution is -0.122. The summed E-state index contributed by atoms with van der Waals surface area (Å²) >= 11 is 0. The Morgan fingerprint density at radius 1 is 1.21 bits per heavy atom. The summed E-state index contributed by atoms with van der Waals surface area (Å²) in [7, 11) is 0. The van der Waals surface area contributed by atoms with Gasteiger partial charge in [0, 0.05) is 31.1 Å². The fourth-order valence-electron chi connectivity index (χ4n) is 2.81. The van der Waals surface area contributed by atoms with Gasteiger partial charge in [0.25, 0.3) is 0 Å². The molecular formula is C15H29N3O. The highest BCUT2D eigenvalue weighted by Gasteiger charge is 2.28. The molecule has 1 aliphatic carbocycles. The van der Waals surface area contributed by atoms with Gasteiger partial charge in [-0.2, -0.15) is 0 Å². The van der Waals surface area contributed by atoms with Crippen LogP contribution in [0.3, 0.4) is 0 Å². The Hall–Kier alpha value is -0.610. The molecule has 1 saturated heterocycles. The van der Waals surface area contributed by atoms with E-state index in [1.807, 2.05) is 0 Å². The summed E-state index contributed by atoms with van der Waals surface area (Å²) in [5, 5.41) is 10.1. The van der Waals surface area contributed by atoms with Gasteiger partial charge in [-0.15, -0.1) is 0 Å². The monoisotopic (exact) mass is 267 g/mol. The topological polar surface area (TPSA) is 53.2 Å². The van der Waals surface area contributed by atoms with Crippen LogP contribution in [-0.2, 0) is 4.79 Å². The van der Waals surface area contributed by atoms with Crippen molar-refractivity contribution in [2.24, 2.45) is 5.92 Å². The Balaban J connectivity index is 1.50. The molecule has 2 unspecified atom stereocenters. The number of carbonyl (C=O) groups excluding carboxylic acids is 1. The smallest absolute Gasteiger partial charge is 0.223 e. The quantitative estimate of drug-likeness (QED) is 0.611. The van der Waals surface area contributed by atoms with Crippen molar-refractivity contribution in [3.8, 4) is 0 Å². The van der Waals surface area contributed by atoms with Gasteiger partial charge in [0.2, 0.25) is 5.91 Å². The highest BCUT2D eigenvalue weighted by Crippen LogP contribution is 2.28. The molecule has 4 nitrogen and oxygen atoms in total. The molecule has 3 N–H and O–H groups in total. The molecule has 0 aromatic rings. The van der Waals surface area contributed by atoms with E-state index >= 15 is 0 Å². The fourth-order valence-corrected chi connectivity index (χ4v) is 2.81. The molecule has 110 valence electrons. The third-order valence-electron chi connectivity index (χ3n) is 4.17. The molecule has 19 heavy (non-hydrogen) atoms. The van der Waals surface area contributed by atoms with E-state index in [-0.39, 0.29) is 5.91 Å².